The smallest absolute Gasteiger partial charge is 0.226 e. The van der Waals surface area contributed by atoms with Crippen LogP contribution >= 0.6 is 11.3 Å². The molecule has 0 saturated carbocycles. The van der Waals surface area contributed by atoms with Crippen molar-refractivity contribution in [3.63, 3.8) is 0 Å². The molecular formula is C18H18N2O2S. The molecule has 4 nitrogen and oxygen atoms in total. The molecule has 1 amide bonds. The molecule has 3 aromatic rings. The van der Waals surface area contributed by atoms with Crippen LogP contribution in [0.2, 0.25) is 0 Å². The van der Waals surface area contributed by atoms with Crippen LogP contribution in [0.25, 0.3) is 10.2 Å². The van der Waals surface area contributed by atoms with Crippen LogP contribution in [0, 0.1) is 6.92 Å². The van der Waals surface area contributed by atoms with E-state index in [1.54, 1.807) is 0 Å². The molecule has 0 radical (unpaired) electrons. The lowest BCUT2D eigenvalue weighted by Gasteiger charge is -2.06. The van der Waals surface area contributed by atoms with E-state index in [1.165, 1.54) is 16.9 Å². The van der Waals surface area contributed by atoms with Gasteiger partial charge in [-0.05, 0) is 37.6 Å². The van der Waals surface area contributed by atoms with Gasteiger partial charge in [0.2, 0.25) is 5.91 Å². The van der Waals surface area contributed by atoms with Crippen molar-refractivity contribution in [2.75, 3.05) is 11.9 Å². The summed E-state index contributed by atoms with van der Waals surface area (Å²) in [5, 5.41) is 3.50. The fraction of sp³-hybridized carbons (Fsp3) is 0.222. The van der Waals surface area contributed by atoms with E-state index >= 15 is 0 Å². The Labute approximate surface area is 139 Å². The van der Waals surface area contributed by atoms with Gasteiger partial charge in [-0.2, -0.15) is 0 Å². The quantitative estimate of drug-likeness (QED) is 0.683. The molecule has 0 aliphatic rings. The van der Waals surface area contributed by atoms with Gasteiger partial charge in [-0.25, -0.2) is 4.98 Å². The van der Waals surface area contributed by atoms with E-state index in [1.807, 2.05) is 55.5 Å². The largest absolute Gasteiger partial charge is 0.494 e. The zero-order valence-electron chi connectivity index (χ0n) is 12.9. The Balaban J connectivity index is 1.43. The van der Waals surface area contributed by atoms with Gasteiger partial charge in [0.25, 0.3) is 0 Å². The minimum Gasteiger partial charge on any atom is -0.494 e. The molecule has 0 atom stereocenters. The van der Waals surface area contributed by atoms with E-state index in [0.29, 0.717) is 24.6 Å². The minimum absolute atomic E-state index is 0.0310. The average Bonchev–Trinajstić information content (AvgIpc) is 2.95. The predicted octanol–water partition coefficient (Wildman–Crippen LogP) is 4.40. The van der Waals surface area contributed by atoms with Gasteiger partial charge in [0, 0.05) is 6.42 Å². The van der Waals surface area contributed by atoms with Crippen LogP contribution < -0.4 is 10.1 Å². The Morgan fingerprint density at radius 2 is 1.96 bits per heavy atom. The number of hydrogen-bond donors (Lipinski definition) is 1. The maximum atomic E-state index is 11.9. The van der Waals surface area contributed by atoms with Crippen molar-refractivity contribution in [1.29, 1.82) is 0 Å². The molecule has 0 aliphatic carbocycles. The number of thiazole rings is 1. The highest BCUT2D eigenvalue weighted by molar-refractivity contribution is 7.22. The molecule has 3 rings (SSSR count). The molecule has 1 heterocycles. The van der Waals surface area contributed by atoms with Crippen molar-refractivity contribution in [3.05, 3.63) is 54.1 Å². The van der Waals surface area contributed by atoms with Crippen LogP contribution in [0.3, 0.4) is 0 Å². The molecule has 1 N–H and O–H groups in total. The summed E-state index contributed by atoms with van der Waals surface area (Å²) in [7, 11) is 0. The molecule has 1 aromatic heterocycles. The number of carbonyl (C=O) groups excluding carboxylic acids is 1. The number of benzene rings is 2. The lowest BCUT2D eigenvalue weighted by molar-refractivity contribution is -0.116. The Hall–Kier alpha value is -2.40. The maximum absolute atomic E-state index is 11.9. The lowest BCUT2D eigenvalue weighted by Crippen LogP contribution is -2.12. The van der Waals surface area contributed by atoms with Crippen LogP contribution in [0.4, 0.5) is 5.13 Å². The van der Waals surface area contributed by atoms with Crippen molar-refractivity contribution in [2.24, 2.45) is 0 Å². The van der Waals surface area contributed by atoms with Crippen molar-refractivity contribution >= 4 is 32.6 Å². The Morgan fingerprint density at radius 1 is 1.17 bits per heavy atom. The zero-order chi connectivity index (χ0) is 16.1. The van der Waals surface area contributed by atoms with E-state index in [2.05, 4.69) is 10.3 Å². The summed E-state index contributed by atoms with van der Waals surface area (Å²) in [6, 6.07) is 15.7. The molecule has 5 heteroatoms. The molecule has 0 fully saturated rings. The van der Waals surface area contributed by atoms with Gasteiger partial charge in [-0.3, -0.25) is 4.79 Å². The molecule has 0 aliphatic heterocycles. The summed E-state index contributed by atoms with van der Waals surface area (Å²) in [6.45, 7) is 2.56. The molecule has 118 valence electrons. The molecule has 0 bridgehead atoms. The Morgan fingerprint density at radius 3 is 2.74 bits per heavy atom. The van der Waals surface area contributed by atoms with Crippen molar-refractivity contribution in [1.82, 2.24) is 4.98 Å². The Bertz CT molecular complexity index is 763. The van der Waals surface area contributed by atoms with E-state index in [4.69, 9.17) is 4.74 Å². The number of aryl methyl sites for hydroxylation is 1. The number of amides is 1. The Kier molecular flexibility index (Phi) is 4.88. The average molecular weight is 326 g/mol. The monoisotopic (exact) mass is 326 g/mol. The third kappa shape index (κ3) is 4.29. The topological polar surface area (TPSA) is 51.2 Å². The summed E-state index contributed by atoms with van der Waals surface area (Å²) in [5.74, 6) is 0.804. The third-order valence-electron chi connectivity index (χ3n) is 3.38. The molecule has 23 heavy (non-hydrogen) atoms. The van der Waals surface area contributed by atoms with Gasteiger partial charge in [-0.15, -0.1) is 0 Å². The first-order valence-corrected chi connectivity index (χ1v) is 8.37. The zero-order valence-corrected chi connectivity index (χ0v) is 13.7. The number of hydrogen-bond acceptors (Lipinski definition) is 4. The summed E-state index contributed by atoms with van der Waals surface area (Å²) < 4.78 is 6.69. The highest BCUT2D eigenvalue weighted by atomic mass is 32.1. The SMILES string of the molecule is Cc1ccc(OCCCC(=O)Nc2nc3ccccc3s2)cc1. The van der Waals surface area contributed by atoms with Crippen LogP contribution in [0.5, 0.6) is 5.75 Å². The fourth-order valence-electron chi connectivity index (χ4n) is 2.16. The summed E-state index contributed by atoms with van der Waals surface area (Å²) in [5.41, 5.74) is 2.11. The first-order chi connectivity index (χ1) is 11.2. The second-order valence-electron chi connectivity index (χ2n) is 5.30. The van der Waals surface area contributed by atoms with Gasteiger partial charge in [-0.1, -0.05) is 41.2 Å². The first kappa shape index (κ1) is 15.5. The van der Waals surface area contributed by atoms with Crippen molar-refractivity contribution in [3.8, 4) is 5.75 Å². The molecular weight excluding hydrogens is 308 g/mol. The van der Waals surface area contributed by atoms with Crippen LogP contribution in [-0.4, -0.2) is 17.5 Å². The molecule has 0 spiro atoms. The second-order valence-corrected chi connectivity index (χ2v) is 6.33. The third-order valence-corrected chi connectivity index (χ3v) is 4.33. The second kappa shape index (κ2) is 7.24. The highest BCUT2D eigenvalue weighted by Crippen LogP contribution is 2.25. The van der Waals surface area contributed by atoms with E-state index in [-0.39, 0.29) is 5.91 Å². The number of ether oxygens (including phenoxy) is 1. The van der Waals surface area contributed by atoms with Crippen LogP contribution in [0.1, 0.15) is 18.4 Å². The van der Waals surface area contributed by atoms with Gasteiger partial charge in [0.1, 0.15) is 5.75 Å². The number of anilines is 1. The molecule has 0 unspecified atom stereocenters. The number of fused-ring (bicyclic) bond motifs is 1. The molecule has 2 aromatic carbocycles. The van der Waals surface area contributed by atoms with Crippen LogP contribution in [0.15, 0.2) is 48.5 Å². The minimum atomic E-state index is -0.0310. The number of nitrogens with zero attached hydrogens (tertiary/aromatic N) is 1. The fourth-order valence-corrected chi connectivity index (χ4v) is 3.05. The number of carbonyl (C=O) groups is 1. The van der Waals surface area contributed by atoms with Gasteiger partial charge in [0.15, 0.2) is 5.13 Å². The van der Waals surface area contributed by atoms with Gasteiger partial charge >= 0.3 is 0 Å². The van der Waals surface area contributed by atoms with E-state index < -0.39 is 0 Å². The standard InChI is InChI=1S/C18H18N2O2S/c1-13-8-10-14(11-9-13)22-12-4-7-17(21)20-18-19-15-5-2-3-6-16(15)23-18/h2-3,5-6,8-11H,4,7,12H2,1H3,(H,19,20,21). The number of para-hydroxylation sites is 1. The normalized spacial score (nSPS) is 10.7. The lowest BCUT2D eigenvalue weighted by atomic mass is 10.2. The number of rotatable bonds is 6. The number of aromatic nitrogens is 1. The van der Waals surface area contributed by atoms with Crippen molar-refractivity contribution in [2.45, 2.75) is 19.8 Å². The summed E-state index contributed by atoms with van der Waals surface area (Å²) in [4.78, 5) is 16.3. The summed E-state index contributed by atoms with van der Waals surface area (Å²) in [6.07, 6.45) is 1.09. The molecule has 0 saturated heterocycles. The summed E-state index contributed by atoms with van der Waals surface area (Å²) >= 11 is 1.49. The van der Waals surface area contributed by atoms with E-state index in [0.717, 1.165) is 16.0 Å². The first-order valence-electron chi connectivity index (χ1n) is 7.55. The maximum Gasteiger partial charge on any atom is 0.226 e. The highest BCUT2D eigenvalue weighted by Gasteiger charge is 2.07. The van der Waals surface area contributed by atoms with Crippen molar-refractivity contribution < 1.29 is 9.53 Å². The van der Waals surface area contributed by atoms with E-state index in [9.17, 15) is 4.79 Å². The predicted molar refractivity (Wildman–Crippen MR) is 94.2 cm³/mol. The van der Waals surface area contributed by atoms with Gasteiger partial charge < -0.3 is 10.1 Å². The van der Waals surface area contributed by atoms with Crippen LogP contribution in [-0.2, 0) is 4.79 Å². The number of nitrogens with one attached hydrogen (secondary N) is 1. The van der Waals surface area contributed by atoms with Gasteiger partial charge in [0.05, 0.1) is 16.8 Å².